The molecule has 1 atom stereocenters. The van der Waals surface area contributed by atoms with Crippen molar-refractivity contribution in [2.45, 2.75) is 70.8 Å². The van der Waals surface area contributed by atoms with Crippen molar-refractivity contribution in [2.24, 2.45) is 17.8 Å². The summed E-state index contributed by atoms with van der Waals surface area (Å²) in [6, 6.07) is 12.1. The summed E-state index contributed by atoms with van der Waals surface area (Å²) >= 11 is 0. The van der Waals surface area contributed by atoms with Gasteiger partial charge in [-0.15, -0.1) is 0 Å². The van der Waals surface area contributed by atoms with Gasteiger partial charge in [-0.2, -0.15) is 5.10 Å². The molecule has 3 saturated heterocycles. The lowest BCUT2D eigenvalue weighted by molar-refractivity contribution is -0.143. The van der Waals surface area contributed by atoms with Crippen LogP contribution >= 0.6 is 0 Å². The number of nitrogens with zero attached hydrogens (tertiary/aromatic N) is 5. The van der Waals surface area contributed by atoms with Crippen LogP contribution in [0.5, 0.6) is 0 Å². The normalized spacial score (nSPS) is 20.6. The lowest BCUT2D eigenvalue weighted by atomic mass is 9.78. The average molecular weight is 698 g/mol. The molecule has 12 nitrogen and oxygen atoms in total. The lowest BCUT2D eigenvalue weighted by Crippen LogP contribution is -2.50. The number of anilines is 1. The van der Waals surface area contributed by atoms with Crippen molar-refractivity contribution in [3.05, 3.63) is 59.3 Å². The number of hydrogen-bond acceptors (Lipinski definition) is 6. The van der Waals surface area contributed by atoms with E-state index in [1.807, 2.05) is 44.7 Å². The minimum atomic E-state index is -0.772. The predicted octanol–water partition coefficient (Wildman–Crippen LogP) is 4.54. The van der Waals surface area contributed by atoms with E-state index in [2.05, 4.69) is 33.7 Å². The minimum absolute atomic E-state index is 0.00337. The third-order valence-corrected chi connectivity index (χ3v) is 12.0. The highest BCUT2D eigenvalue weighted by atomic mass is 16.4. The van der Waals surface area contributed by atoms with Crippen LogP contribution in [0.15, 0.2) is 42.6 Å². The number of carbonyl (C=O) groups is 4. The molecule has 2 aromatic carbocycles. The number of benzene rings is 2. The first kappa shape index (κ1) is 35.0. The Hall–Kier alpha value is -4.45. The summed E-state index contributed by atoms with van der Waals surface area (Å²) in [6.45, 7) is 6.95. The van der Waals surface area contributed by atoms with E-state index in [9.17, 15) is 19.2 Å². The number of fused-ring (bicyclic) bond motifs is 2. The Morgan fingerprint density at radius 3 is 2.31 bits per heavy atom. The maximum atomic E-state index is 14.3. The van der Waals surface area contributed by atoms with Gasteiger partial charge in [0, 0.05) is 56.3 Å². The molecule has 3 N–H and O–H groups in total. The Morgan fingerprint density at radius 1 is 0.902 bits per heavy atom. The van der Waals surface area contributed by atoms with E-state index in [1.54, 1.807) is 6.20 Å². The van der Waals surface area contributed by atoms with Gasteiger partial charge in [-0.25, -0.2) is 4.79 Å². The van der Waals surface area contributed by atoms with Crippen LogP contribution in [-0.4, -0.2) is 117 Å². The molecule has 4 aliphatic rings. The van der Waals surface area contributed by atoms with Crippen LogP contribution < -0.4 is 5.32 Å². The van der Waals surface area contributed by atoms with Gasteiger partial charge >= 0.3 is 12.0 Å². The van der Waals surface area contributed by atoms with Crippen LogP contribution in [0.25, 0.3) is 10.9 Å². The third kappa shape index (κ3) is 8.06. The quantitative estimate of drug-likeness (QED) is 0.298. The number of piperidine rings is 3. The fraction of sp³-hybridized carbons (Fsp3) is 0.564. The van der Waals surface area contributed by atoms with Crippen LogP contribution in [0.4, 0.5) is 10.5 Å². The third-order valence-electron chi connectivity index (χ3n) is 12.0. The van der Waals surface area contributed by atoms with Crippen LogP contribution in [0.3, 0.4) is 0 Å². The smallest absolute Gasteiger partial charge is 0.322 e. The number of hydrogen-bond donors (Lipinski definition) is 3. The summed E-state index contributed by atoms with van der Waals surface area (Å²) in [5.74, 6) is -0.0832. The van der Waals surface area contributed by atoms with Crippen LogP contribution in [-0.2, 0) is 27.2 Å². The molecule has 4 amide bonds. The van der Waals surface area contributed by atoms with Gasteiger partial charge < -0.3 is 25.1 Å². The number of aromatic amines is 1. The number of nitrogens with one attached hydrogen (secondary N) is 2. The van der Waals surface area contributed by atoms with E-state index in [0.29, 0.717) is 63.8 Å². The minimum Gasteiger partial charge on any atom is -0.480 e. The molecule has 0 aliphatic carbocycles. The molecular weight excluding hydrogens is 646 g/mol. The van der Waals surface area contributed by atoms with Crippen molar-refractivity contribution in [2.75, 3.05) is 57.7 Å². The summed E-state index contributed by atoms with van der Waals surface area (Å²) in [5.41, 5.74) is 5.09. The van der Waals surface area contributed by atoms with Crippen molar-refractivity contribution in [3.8, 4) is 0 Å². The molecule has 7 rings (SSSR count). The molecule has 0 spiro atoms. The second-order valence-electron chi connectivity index (χ2n) is 15.2. The molecule has 4 aliphatic heterocycles. The largest absolute Gasteiger partial charge is 0.480 e. The van der Waals surface area contributed by atoms with Gasteiger partial charge in [0.25, 0.3) is 0 Å². The van der Waals surface area contributed by atoms with Gasteiger partial charge in [0.2, 0.25) is 11.8 Å². The number of urea groups is 1. The molecule has 0 saturated carbocycles. The molecule has 3 aromatic rings. The van der Waals surface area contributed by atoms with Crippen molar-refractivity contribution in [1.82, 2.24) is 29.8 Å². The van der Waals surface area contributed by atoms with Gasteiger partial charge in [-0.3, -0.25) is 24.4 Å². The van der Waals surface area contributed by atoms with Crippen molar-refractivity contribution in [1.29, 1.82) is 0 Å². The van der Waals surface area contributed by atoms with Gasteiger partial charge in [-0.1, -0.05) is 24.3 Å². The van der Waals surface area contributed by atoms with Crippen LogP contribution in [0, 0.1) is 24.7 Å². The Bertz CT molecular complexity index is 1730. The monoisotopic (exact) mass is 697 g/mol. The fourth-order valence-corrected chi connectivity index (χ4v) is 9.09. The summed E-state index contributed by atoms with van der Waals surface area (Å²) in [5, 5.41) is 20.5. The van der Waals surface area contributed by atoms with E-state index < -0.39 is 11.9 Å². The zero-order valence-electron chi connectivity index (χ0n) is 29.7. The van der Waals surface area contributed by atoms with Gasteiger partial charge in [0.1, 0.15) is 0 Å². The van der Waals surface area contributed by atoms with Crippen molar-refractivity contribution >= 4 is 40.4 Å². The molecule has 51 heavy (non-hydrogen) atoms. The number of aromatic nitrogens is 2. The summed E-state index contributed by atoms with van der Waals surface area (Å²) in [6.07, 6.45) is 8.57. The first-order chi connectivity index (χ1) is 24.7. The second-order valence-corrected chi connectivity index (χ2v) is 15.2. The Kier molecular flexibility index (Phi) is 10.6. The van der Waals surface area contributed by atoms with Crippen molar-refractivity contribution < 1.29 is 24.3 Å². The highest BCUT2D eigenvalue weighted by Gasteiger charge is 2.36. The summed E-state index contributed by atoms with van der Waals surface area (Å²) in [7, 11) is 0. The summed E-state index contributed by atoms with van der Waals surface area (Å²) in [4.78, 5) is 60.4. The second kappa shape index (κ2) is 15.4. The molecule has 0 bridgehead atoms. The maximum absolute atomic E-state index is 14.3. The average Bonchev–Trinajstić information content (AvgIpc) is 3.55. The molecule has 1 aromatic heterocycles. The number of likely N-dealkylation sites (tertiary alicyclic amines) is 3. The predicted molar refractivity (Wildman–Crippen MR) is 194 cm³/mol. The number of carboxylic acids is 1. The molecule has 1 unspecified atom stereocenters. The van der Waals surface area contributed by atoms with E-state index in [-0.39, 0.29) is 36.9 Å². The molecule has 0 radical (unpaired) electrons. The number of aryl methyl sites for hydroxylation is 1. The first-order valence-electron chi connectivity index (χ1n) is 18.8. The topological polar surface area (TPSA) is 142 Å². The standard InChI is InChI=1S/C39H51N7O5/c1-26-20-27(22-32-24-40-42-37(26)32)21-31(38(50)45-15-8-29(9-16-45)28-6-13-43(14-7-28)25-36(48)49)23-35(47)44-17-11-33(12-18-44)46-19-10-30-4-2-3-5-34(30)41-39(46)51/h2-5,20,22,24,28-29,31,33H,6-19,21,23,25H2,1H3,(H,40,42)(H,41,51)(H,48,49). The van der Waals surface area contributed by atoms with E-state index in [4.69, 9.17) is 5.11 Å². The van der Waals surface area contributed by atoms with Gasteiger partial charge in [-0.05, 0) is 112 Å². The number of amides is 4. The molecule has 12 heteroatoms. The first-order valence-corrected chi connectivity index (χ1v) is 18.8. The molecule has 272 valence electrons. The Labute approximate surface area is 299 Å². The van der Waals surface area contributed by atoms with Crippen molar-refractivity contribution in [3.63, 3.8) is 0 Å². The number of para-hydroxylation sites is 1. The number of H-pyrrole nitrogens is 1. The molecular formula is C39H51N7O5. The highest BCUT2D eigenvalue weighted by molar-refractivity contribution is 5.91. The maximum Gasteiger partial charge on any atom is 0.322 e. The molecule has 5 heterocycles. The fourth-order valence-electron chi connectivity index (χ4n) is 9.09. The zero-order valence-corrected chi connectivity index (χ0v) is 29.7. The zero-order chi connectivity index (χ0) is 35.5. The van der Waals surface area contributed by atoms with Crippen LogP contribution in [0.2, 0.25) is 0 Å². The van der Waals surface area contributed by atoms with Crippen LogP contribution in [0.1, 0.15) is 61.6 Å². The number of carbonyl (C=O) groups excluding carboxylic acids is 3. The Balaban J connectivity index is 0.977. The van der Waals surface area contributed by atoms with E-state index >= 15 is 0 Å². The van der Waals surface area contributed by atoms with Gasteiger partial charge in [0.15, 0.2) is 0 Å². The van der Waals surface area contributed by atoms with E-state index in [0.717, 1.165) is 78.5 Å². The SMILES string of the molecule is Cc1cc(CC(CC(=O)N2CCC(N3CCc4ccccc4NC3=O)CC2)C(=O)N2CCC(C3CCN(CC(=O)O)CC3)CC2)cc2cn[nH]c12. The number of aliphatic carboxylic acids is 1. The van der Waals surface area contributed by atoms with Gasteiger partial charge in [0.05, 0.1) is 24.2 Å². The highest BCUT2D eigenvalue weighted by Crippen LogP contribution is 2.34. The summed E-state index contributed by atoms with van der Waals surface area (Å²) < 4.78 is 0. The Morgan fingerprint density at radius 2 is 1.59 bits per heavy atom. The number of carboxylic acid groups (broad SMARTS) is 1. The van der Waals surface area contributed by atoms with E-state index in [1.165, 1.54) is 0 Å². The molecule has 3 fully saturated rings. The number of rotatable bonds is 9. The lowest BCUT2D eigenvalue weighted by Gasteiger charge is -2.41.